The molecule has 0 unspecified atom stereocenters. The van der Waals surface area contributed by atoms with Crippen molar-refractivity contribution in [2.75, 3.05) is 20.3 Å². The fraction of sp³-hybridized carbons (Fsp3) is 0.556. The van der Waals surface area contributed by atoms with Gasteiger partial charge in [0.15, 0.2) is 0 Å². The first-order valence-corrected chi connectivity index (χ1v) is 9.39. The van der Waals surface area contributed by atoms with Crippen molar-refractivity contribution in [3.05, 3.63) is 28.2 Å². The third-order valence-electron chi connectivity index (χ3n) is 4.54. The molecule has 0 spiro atoms. The zero-order chi connectivity index (χ0) is 18.0. The number of piperidine rings is 1. The Morgan fingerprint density at radius 2 is 2.08 bits per heavy atom. The Kier molecular flexibility index (Phi) is 5.44. The summed E-state index contributed by atoms with van der Waals surface area (Å²) in [5.74, 6) is 0.730. The number of hydrogen-bond acceptors (Lipinski definition) is 6. The van der Waals surface area contributed by atoms with Crippen LogP contribution in [0.5, 0.6) is 0 Å². The number of ether oxygens (including phenoxy) is 1. The molecule has 1 aliphatic rings. The predicted molar refractivity (Wildman–Crippen MR) is 97.5 cm³/mol. The number of carbonyl (C=O) groups is 1. The number of methoxy groups -OCH3 is 1. The third kappa shape index (κ3) is 3.88. The molecule has 25 heavy (non-hydrogen) atoms. The average Bonchev–Trinajstić information content (AvgIpc) is 2.94. The van der Waals surface area contributed by atoms with Crippen molar-refractivity contribution in [3.8, 4) is 10.7 Å². The molecule has 1 amide bonds. The van der Waals surface area contributed by atoms with Gasteiger partial charge in [-0.3, -0.25) is 4.79 Å². The molecule has 0 aromatic carbocycles. The van der Waals surface area contributed by atoms with E-state index in [2.05, 4.69) is 21.9 Å². The molecule has 3 heterocycles. The molecular weight excluding hydrogens is 336 g/mol. The van der Waals surface area contributed by atoms with Crippen molar-refractivity contribution >= 4 is 17.2 Å². The van der Waals surface area contributed by atoms with E-state index in [1.54, 1.807) is 18.4 Å². The second kappa shape index (κ2) is 7.58. The highest BCUT2D eigenvalue weighted by atomic mass is 32.1. The molecule has 7 heteroatoms. The van der Waals surface area contributed by atoms with E-state index in [4.69, 9.17) is 4.74 Å². The van der Waals surface area contributed by atoms with Crippen LogP contribution < -0.4 is 0 Å². The number of rotatable bonds is 4. The van der Waals surface area contributed by atoms with Crippen LogP contribution in [0.3, 0.4) is 0 Å². The van der Waals surface area contributed by atoms with Crippen molar-refractivity contribution in [2.45, 2.75) is 46.1 Å². The summed E-state index contributed by atoms with van der Waals surface area (Å²) >= 11 is 1.64. The summed E-state index contributed by atoms with van der Waals surface area (Å²) in [5.41, 5.74) is 2.78. The third-order valence-corrected chi connectivity index (χ3v) is 5.63. The zero-order valence-corrected chi connectivity index (χ0v) is 16.0. The number of aryl methyl sites for hydroxylation is 3. The van der Waals surface area contributed by atoms with Crippen LogP contribution in [-0.4, -0.2) is 46.0 Å². The molecular formula is C18H24N4O2S. The van der Waals surface area contributed by atoms with Crippen LogP contribution in [0.25, 0.3) is 10.7 Å². The lowest BCUT2D eigenvalue weighted by Crippen LogP contribution is -2.40. The van der Waals surface area contributed by atoms with Crippen molar-refractivity contribution in [3.63, 3.8) is 0 Å². The molecule has 1 atom stereocenters. The highest BCUT2D eigenvalue weighted by Crippen LogP contribution is 2.33. The molecule has 134 valence electrons. The minimum atomic E-state index is -0.0148. The number of nitrogens with zero attached hydrogens (tertiary/aromatic N) is 4. The normalized spacial score (nSPS) is 17.8. The maximum Gasteiger partial charge on any atom is 0.249 e. The number of amides is 1. The van der Waals surface area contributed by atoms with E-state index < -0.39 is 0 Å². The summed E-state index contributed by atoms with van der Waals surface area (Å²) in [6.07, 6.45) is 3.03. The van der Waals surface area contributed by atoms with Gasteiger partial charge in [-0.1, -0.05) is 0 Å². The van der Waals surface area contributed by atoms with Gasteiger partial charge in [0.1, 0.15) is 23.1 Å². The van der Waals surface area contributed by atoms with E-state index in [-0.39, 0.29) is 18.6 Å². The van der Waals surface area contributed by atoms with Gasteiger partial charge < -0.3 is 9.64 Å². The van der Waals surface area contributed by atoms with E-state index in [1.807, 2.05) is 24.8 Å². The van der Waals surface area contributed by atoms with Gasteiger partial charge in [-0.2, -0.15) is 0 Å². The van der Waals surface area contributed by atoms with Crippen molar-refractivity contribution in [1.82, 2.24) is 19.9 Å². The molecule has 0 bridgehead atoms. The van der Waals surface area contributed by atoms with Gasteiger partial charge in [0.25, 0.3) is 0 Å². The minimum Gasteiger partial charge on any atom is -0.375 e. The number of hydrogen-bond donors (Lipinski definition) is 0. The van der Waals surface area contributed by atoms with E-state index in [0.717, 1.165) is 47.9 Å². The van der Waals surface area contributed by atoms with Crippen molar-refractivity contribution < 1.29 is 9.53 Å². The molecule has 0 radical (unpaired) electrons. The first-order chi connectivity index (χ1) is 12.0. The van der Waals surface area contributed by atoms with Crippen LogP contribution in [0.4, 0.5) is 0 Å². The summed E-state index contributed by atoms with van der Waals surface area (Å²) in [7, 11) is 1.55. The quantitative estimate of drug-likeness (QED) is 0.837. The predicted octanol–water partition coefficient (Wildman–Crippen LogP) is 3.23. The molecule has 2 aromatic heterocycles. The van der Waals surface area contributed by atoms with E-state index in [0.29, 0.717) is 5.82 Å². The largest absolute Gasteiger partial charge is 0.375 e. The highest BCUT2D eigenvalue weighted by molar-refractivity contribution is 7.15. The Morgan fingerprint density at radius 3 is 2.76 bits per heavy atom. The van der Waals surface area contributed by atoms with Crippen LogP contribution in [0.1, 0.15) is 47.4 Å². The fourth-order valence-electron chi connectivity index (χ4n) is 3.20. The Morgan fingerprint density at radius 1 is 1.28 bits per heavy atom. The second-order valence-electron chi connectivity index (χ2n) is 6.42. The Balaban J connectivity index is 1.96. The van der Waals surface area contributed by atoms with E-state index in [9.17, 15) is 4.79 Å². The van der Waals surface area contributed by atoms with Gasteiger partial charge in [0.2, 0.25) is 5.91 Å². The van der Waals surface area contributed by atoms with Gasteiger partial charge in [-0.25, -0.2) is 15.0 Å². The van der Waals surface area contributed by atoms with Crippen LogP contribution >= 0.6 is 11.3 Å². The molecule has 1 aliphatic heterocycles. The molecule has 0 N–H and O–H groups in total. The van der Waals surface area contributed by atoms with Crippen LogP contribution in [0.2, 0.25) is 0 Å². The lowest BCUT2D eigenvalue weighted by atomic mass is 9.98. The van der Waals surface area contributed by atoms with Gasteiger partial charge in [0, 0.05) is 18.5 Å². The van der Waals surface area contributed by atoms with Gasteiger partial charge in [-0.15, -0.1) is 11.3 Å². The van der Waals surface area contributed by atoms with Gasteiger partial charge in [-0.05, 0) is 46.1 Å². The van der Waals surface area contributed by atoms with E-state index >= 15 is 0 Å². The van der Waals surface area contributed by atoms with Crippen molar-refractivity contribution in [1.29, 1.82) is 0 Å². The summed E-state index contributed by atoms with van der Waals surface area (Å²) in [4.78, 5) is 29.3. The maximum atomic E-state index is 12.4. The minimum absolute atomic E-state index is 0.0148. The number of carbonyl (C=O) groups excluding carboxylic acids is 1. The van der Waals surface area contributed by atoms with E-state index in [1.165, 1.54) is 4.88 Å². The zero-order valence-electron chi connectivity index (χ0n) is 15.2. The number of likely N-dealkylation sites (tertiary alicyclic amines) is 1. The summed E-state index contributed by atoms with van der Waals surface area (Å²) in [6, 6.07) is 1.98. The molecule has 3 rings (SSSR count). The Labute approximate surface area is 152 Å². The average molecular weight is 360 g/mol. The fourth-order valence-corrected chi connectivity index (χ4v) is 4.07. The van der Waals surface area contributed by atoms with Crippen molar-refractivity contribution in [2.24, 2.45) is 0 Å². The molecule has 6 nitrogen and oxygen atoms in total. The Hall–Kier alpha value is -1.86. The van der Waals surface area contributed by atoms with Crippen LogP contribution in [0, 0.1) is 20.8 Å². The topological polar surface area (TPSA) is 68.2 Å². The van der Waals surface area contributed by atoms with Crippen LogP contribution in [-0.2, 0) is 9.53 Å². The summed E-state index contributed by atoms with van der Waals surface area (Å²) < 4.78 is 5.04. The summed E-state index contributed by atoms with van der Waals surface area (Å²) in [6.45, 7) is 6.83. The standard InChI is InChI=1S/C18H24N4O2S/c1-11-12(2)25-18(19-11)15-9-14(20-13(3)21-15)16-7-5-6-8-22(16)17(23)10-24-4/h9,16H,5-8,10H2,1-4H3/t16-/m1/s1. The summed E-state index contributed by atoms with van der Waals surface area (Å²) in [5, 5.41) is 0.910. The first kappa shape index (κ1) is 17.9. The van der Waals surface area contributed by atoms with Gasteiger partial charge in [0.05, 0.1) is 17.4 Å². The number of thiazole rings is 1. The lowest BCUT2D eigenvalue weighted by molar-refractivity contribution is -0.139. The molecule has 2 aromatic rings. The monoisotopic (exact) mass is 360 g/mol. The second-order valence-corrected chi connectivity index (χ2v) is 7.62. The molecule has 0 saturated carbocycles. The molecule has 1 fully saturated rings. The lowest BCUT2D eigenvalue weighted by Gasteiger charge is -2.35. The van der Waals surface area contributed by atoms with Crippen LogP contribution in [0.15, 0.2) is 6.07 Å². The Bertz CT molecular complexity index is 755. The SMILES string of the molecule is COCC(=O)N1CCCC[C@@H]1c1cc(-c2nc(C)c(C)s2)nc(C)n1. The maximum absolute atomic E-state index is 12.4. The first-order valence-electron chi connectivity index (χ1n) is 8.58. The number of aromatic nitrogens is 3. The molecule has 1 saturated heterocycles. The van der Waals surface area contributed by atoms with Gasteiger partial charge >= 0.3 is 0 Å². The highest BCUT2D eigenvalue weighted by Gasteiger charge is 2.29. The smallest absolute Gasteiger partial charge is 0.249 e. The molecule has 0 aliphatic carbocycles.